The van der Waals surface area contributed by atoms with Crippen molar-refractivity contribution < 1.29 is 26.4 Å². The smallest absolute Gasteiger partial charge is 0.308 e. The molecule has 0 aromatic heterocycles. The molecule has 2 heterocycles. The zero-order valence-corrected chi connectivity index (χ0v) is 12.7. The van der Waals surface area contributed by atoms with Crippen LogP contribution in [0.15, 0.2) is 18.2 Å². The summed E-state index contributed by atoms with van der Waals surface area (Å²) in [6.07, 6.45) is -4.61. The van der Waals surface area contributed by atoms with Crippen molar-refractivity contribution in [1.82, 2.24) is 0 Å². The minimum absolute atomic E-state index is 0.0336. The van der Waals surface area contributed by atoms with Crippen molar-refractivity contribution >= 4 is 33.0 Å². The Morgan fingerprint density at radius 1 is 1.23 bits per heavy atom. The first-order valence-corrected chi connectivity index (χ1v) is 8.68. The third-order valence-corrected chi connectivity index (χ3v) is 6.12. The first-order valence-electron chi connectivity index (χ1n) is 6.48. The molecule has 120 valence electrons. The molecule has 22 heavy (non-hydrogen) atoms. The van der Waals surface area contributed by atoms with Gasteiger partial charge in [0, 0.05) is 18.0 Å². The van der Waals surface area contributed by atoms with Crippen LogP contribution in [0.3, 0.4) is 0 Å². The second-order valence-electron chi connectivity index (χ2n) is 5.53. The second-order valence-corrected chi connectivity index (χ2v) is 8.10. The highest BCUT2D eigenvalue weighted by atomic mass is 35.5. The molecule has 2 aliphatic heterocycles. The number of sulfone groups is 1. The Kier molecular flexibility index (Phi) is 3.45. The summed E-state index contributed by atoms with van der Waals surface area (Å²) in [5.74, 6) is -1.03. The summed E-state index contributed by atoms with van der Waals surface area (Å²) in [4.78, 5) is 13.2. The fraction of sp³-hybridized carbons (Fsp3) is 0.462. The van der Waals surface area contributed by atoms with Crippen molar-refractivity contribution in [2.24, 2.45) is 5.92 Å². The summed E-state index contributed by atoms with van der Waals surface area (Å²) in [5.41, 5.74) is -1.00. The van der Waals surface area contributed by atoms with Crippen LogP contribution in [0, 0.1) is 5.92 Å². The van der Waals surface area contributed by atoms with Gasteiger partial charge in [0.05, 0.1) is 28.1 Å². The van der Waals surface area contributed by atoms with Crippen molar-refractivity contribution in [3.8, 4) is 0 Å². The van der Waals surface area contributed by atoms with Crippen LogP contribution in [0.25, 0.3) is 0 Å². The highest BCUT2D eigenvalue weighted by Crippen LogP contribution is 2.41. The van der Waals surface area contributed by atoms with E-state index in [2.05, 4.69) is 0 Å². The van der Waals surface area contributed by atoms with Crippen molar-refractivity contribution in [1.29, 1.82) is 0 Å². The van der Waals surface area contributed by atoms with Gasteiger partial charge in [0.1, 0.15) is 0 Å². The Morgan fingerprint density at radius 3 is 2.55 bits per heavy atom. The largest absolute Gasteiger partial charge is 0.417 e. The maximum Gasteiger partial charge on any atom is 0.417 e. The molecular formula is C13H11ClF3NO3S. The van der Waals surface area contributed by atoms with Gasteiger partial charge in [-0.3, -0.25) is 4.79 Å². The number of carbonyl (C=O) groups is 1. The van der Waals surface area contributed by atoms with E-state index in [4.69, 9.17) is 11.6 Å². The number of rotatable bonds is 1. The molecule has 0 bridgehead atoms. The number of hydrogen-bond donors (Lipinski definition) is 0. The Bertz CT molecular complexity index is 747. The number of amides is 1. The molecule has 1 amide bonds. The summed E-state index contributed by atoms with van der Waals surface area (Å²) in [6, 6.07) is 2.58. The summed E-state index contributed by atoms with van der Waals surface area (Å²) in [6.45, 7) is 0. The van der Waals surface area contributed by atoms with Gasteiger partial charge in [0.15, 0.2) is 9.84 Å². The zero-order chi connectivity index (χ0) is 16.3. The second kappa shape index (κ2) is 4.86. The van der Waals surface area contributed by atoms with Gasteiger partial charge in [0.2, 0.25) is 5.91 Å². The zero-order valence-electron chi connectivity index (χ0n) is 11.1. The van der Waals surface area contributed by atoms with E-state index < -0.39 is 32.6 Å². The first kappa shape index (κ1) is 15.6. The lowest BCUT2D eigenvalue weighted by molar-refractivity contribution is -0.137. The molecule has 2 fully saturated rings. The topological polar surface area (TPSA) is 54.5 Å². The molecule has 1 aromatic carbocycles. The average molecular weight is 354 g/mol. The molecule has 0 N–H and O–H groups in total. The lowest BCUT2D eigenvalue weighted by atomic mass is 10.0. The van der Waals surface area contributed by atoms with E-state index in [0.717, 1.165) is 12.1 Å². The standard InChI is InChI=1S/C13H11ClF3NO3S/c14-10-2-1-8(4-9(10)13(15,16)17)18-11-6-22(20,21)5-7(11)3-12(18)19/h1-2,4,7,11H,3,5-6H2/t7-,11+/m0/s1. The van der Waals surface area contributed by atoms with Crippen molar-refractivity contribution in [2.75, 3.05) is 16.4 Å². The third kappa shape index (κ3) is 2.58. The number of fused-ring (bicyclic) bond motifs is 1. The van der Waals surface area contributed by atoms with Crippen LogP contribution in [0.1, 0.15) is 12.0 Å². The van der Waals surface area contributed by atoms with E-state index in [1.165, 1.54) is 11.0 Å². The molecule has 3 rings (SSSR count). The van der Waals surface area contributed by atoms with Gasteiger partial charge in [-0.25, -0.2) is 8.42 Å². The van der Waals surface area contributed by atoms with E-state index in [0.29, 0.717) is 0 Å². The van der Waals surface area contributed by atoms with E-state index in [9.17, 15) is 26.4 Å². The van der Waals surface area contributed by atoms with Crippen LogP contribution in [0.5, 0.6) is 0 Å². The Hall–Kier alpha value is -1.28. The SMILES string of the molecule is O=C1C[C@H]2CS(=O)(=O)C[C@H]2N1c1ccc(Cl)c(C(F)(F)F)c1. The number of halogens is 4. The maximum absolute atomic E-state index is 12.9. The fourth-order valence-corrected chi connectivity index (χ4v) is 5.40. The molecule has 2 saturated heterocycles. The predicted molar refractivity (Wildman–Crippen MR) is 74.5 cm³/mol. The molecular weight excluding hydrogens is 343 g/mol. The van der Waals surface area contributed by atoms with Gasteiger partial charge in [-0.15, -0.1) is 0 Å². The molecule has 9 heteroatoms. The van der Waals surface area contributed by atoms with E-state index in [-0.39, 0.29) is 35.4 Å². The monoisotopic (exact) mass is 353 g/mol. The highest BCUT2D eigenvalue weighted by Gasteiger charge is 2.49. The molecule has 0 spiro atoms. The Balaban J connectivity index is 2.02. The predicted octanol–water partition coefficient (Wildman–Crippen LogP) is 2.51. The molecule has 2 aliphatic rings. The molecule has 0 radical (unpaired) electrons. The van der Waals surface area contributed by atoms with Crippen molar-refractivity contribution in [3.05, 3.63) is 28.8 Å². The van der Waals surface area contributed by atoms with E-state index in [1.54, 1.807) is 0 Å². The average Bonchev–Trinajstić information content (AvgIpc) is 2.79. The lowest BCUT2D eigenvalue weighted by Crippen LogP contribution is -2.36. The van der Waals surface area contributed by atoms with E-state index in [1.807, 2.05) is 0 Å². The summed E-state index contributed by atoms with van der Waals surface area (Å²) < 4.78 is 62.1. The van der Waals surface area contributed by atoms with Crippen molar-refractivity contribution in [2.45, 2.75) is 18.6 Å². The fourth-order valence-electron chi connectivity index (χ4n) is 3.11. The summed E-state index contributed by atoms with van der Waals surface area (Å²) >= 11 is 5.56. The van der Waals surface area contributed by atoms with Crippen LogP contribution in [-0.2, 0) is 20.8 Å². The number of hydrogen-bond acceptors (Lipinski definition) is 3. The highest BCUT2D eigenvalue weighted by molar-refractivity contribution is 7.91. The van der Waals surface area contributed by atoms with Crippen LogP contribution in [0.2, 0.25) is 5.02 Å². The van der Waals surface area contributed by atoms with Crippen LogP contribution < -0.4 is 4.90 Å². The number of carbonyl (C=O) groups excluding carboxylic acids is 1. The molecule has 0 unspecified atom stereocenters. The lowest BCUT2D eigenvalue weighted by Gasteiger charge is -2.24. The van der Waals surface area contributed by atoms with Gasteiger partial charge >= 0.3 is 6.18 Å². The van der Waals surface area contributed by atoms with Gasteiger partial charge in [-0.05, 0) is 18.2 Å². The number of anilines is 1. The number of benzene rings is 1. The molecule has 0 saturated carbocycles. The van der Waals surface area contributed by atoms with Crippen molar-refractivity contribution in [3.63, 3.8) is 0 Å². The Labute approximate surface area is 129 Å². The van der Waals surface area contributed by atoms with Gasteiger partial charge in [-0.1, -0.05) is 11.6 Å². The normalized spacial score (nSPS) is 27.3. The van der Waals surface area contributed by atoms with E-state index >= 15 is 0 Å². The minimum atomic E-state index is -4.64. The molecule has 4 nitrogen and oxygen atoms in total. The number of alkyl halides is 3. The quantitative estimate of drug-likeness (QED) is 0.779. The van der Waals surface area contributed by atoms with Crippen LogP contribution in [0.4, 0.5) is 18.9 Å². The number of nitrogens with zero attached hydrogens (tertiary/aromatic N) is 1. The Morgan fingerprint density at radius 2 is 1.91 bits per heavy atom. The molecule has 2 atom stereocenters. The minimum Gasteiger partial charge on any atom is -0.308 e. The van der Waals surface area contributed by atoms with Gasteiger partial charge in [0.25, 0.3) is 0 Å². The first-order chi connectivity index (χ1) is 10.1. The third-order valence-electron chi connectivity index (χ3n) is 4.01. The molecule has 1 aromatic rings. The summed E-state index contributed by atoms with van der Waals surface area (Å²) in [5, 5.41) is -0.460. The van der Waals surface area contributed by atoms with Crippen LogP contribution in [-0.4, -0.2) is 31.9 Å². The van der Waals surface area contributed by atoms with Crippen LogP contribution >= 0.6 is 11.6 Å². The van der Waals surface area contributed by atoms with Gasteiger partial charge < -0.3 is 4.90 Å². The maximum atomic E-state index is 12.9. The summed E-state index contributed by atoms with van der Waals surface area (Å²) in [7, 11) is -3.26. The van der Waals surface area contributed by atoms with Gasteiger partial charge in [-0.2, -0.15) is 13.2 Å². The molecule has 0 aliphatic carbocycles.